The van der Waals surface area contributed by atoms with Crippen LogP contribution < -0.4 is 11.1 Å². The first-order chi connectivity index (χ1) is 12.1. The van der Waals surface area contributed by atoms with Crippen molar-refractivity contribution in [3.8, 4) is 6.07 Å². The Balaban J connectivity index is 1.85. The van der Waals surface area contributed by atoms with Crippen molar-refractivity contribution in [3.05, 3.63) is 52.5 Å². The van der Waals surface area contributed by atoms with Crippen molar-refractivity contribution in [1.29, 1.82) is 5.26 Å². The van der Waals surface area contributed by atoms with Crippen molar-refractivity contribution in [2.24, 2.45) is 0 Å². The van der Waals surface area contributed by atoms with E-state index in [4.69, 9.17) is 11.0 Å². The zero-order valence-electron chi connectivity index (χ0n) is 13.9. The number of hydrogen-bond acceptors (Lipinski definition) is 5. The Bertz CT molecular complexity index is 954. The highest BCUT2D eigenvalue weighted by Gasteiger charge is 2.17. The lowest BCUT2D eigenvalue weighted by atomic mass is 10.1. The van der Waals surface area contributed by atoms with Gasteiger partial charge in [0.15, 0.2) is 0 Å². The number of nitrogens with two attached hydrogens (primary N) is 1. The summed E-state index contributed by atoms with van der Waals surface area (Å²) >= 11 is 1.31. The molecule has 3 N–H and O–H groups in total. The summed E-state index contributed by atoms with van der Waals surface area (Å²) in [6.45, 7) is 2.15. The number of carbonyl (C=O) groups excluding carboxylic acids is 1. The normalized spacial score (nSPS) is 10.6. The Kier molecular flexibility index (Phi) is 4.96. The predicted molar refractivity (Wildman–Crippen MR) is 102 cm³/mol. The van der Waals surface area contributed by atoms with Crippen LogP contribution in [0.3, 0.4) is 0 Å². The molecule has 5 nitrogen and oxygen atoms in total. The lowest BCUT2D eigenvalue weighted by Crippen LogP contribution is -2.11. The molecule has 25 heavy (non-hydrogen) atoms. The third kappa shape index (κ3) is 3.62. The van der Waals surface area contributed by atoms with Crippen LogP contribution in [0.2, 0.25) is 0 Å². The Hall–Kier alpha value is -2.91. The molecule has 0 aliphatic rings. The van der Waals surface area contributed by atoms with Gasteiger partial charge < -0.3 is 11.1 Å². The summed E-state index contributed by atoms with van der Waals surface area (Å²) < 4.78 is 0. The Morgan fingerprint density at radius 2 is 2.04 bits per heavy atom. The fourth-order valence-corrected chi connectivity index (χ4v) is 3.53. The number of aromatic nitrogens is 1. The van der Waals surface area contributed by atoms with E-state index in [1.54, 1.807) is 24.3 Å². The molecular formula is C19H18N4OS. The van der Waals surface area contributed by atoms with Crippen LogP contribution in [0.1, 0.15) is 40.7 Å². The van der Waals surface area contributed by atoms with Crippen LogP contribution in [0.4, 0.5) is 11.4 Å². The topological polar surface area (TPSA) is 91.8 Å². The van der Waals surface area contributed by atoms with Crippen LogP contribution in [-0.4, -0.2) is 10.9 Å². The van der Waals surface area contributed by atoms with Gasteiger partial charge in [-0.3, -0.25) is 4.79 Å². The van der Waals surface area contributed by atoms with Crippen molar-refractivity contribution in [1.82, 2.24) is 4.98 Å². The zero-order chi connectivity index (χ0) is 17.8. The average Bonchev–Trinajstić information content (AvgIpc) is 2.97. The molecule has 3 aromatic rings. The summed E-state index contributed by atoms with van der Waals surface area (Å²) in [5, 5.41) is 12.5. The number of nitriles is 1. The number of aryl methyl sites for hydroxylation is 1. The fraction of sp³-hybridized carbons (Fsp3) is 0.211. The number of anilines is 2. The quantitative estimate of drug-likeness (QED) is 0.716. The molecule has 126 valence electrons. The first kappa shape index (κ1) is 16.9. The molecule has 0 fully saturated rings. The molecule has 0 unspecified atom stereocenters. The average molecular weight is 350 g/mol. The molecule has 0 saturated carbocycles. The molecule has 1 aromatic carbocycles. The van der Waals surface area contributed by atoms with E-state index >= 15 is 0 Å². The number of rotatable bonds is 5. The van der Waals surface area contributed by atoms with Crippen molar-refractivity contribution in [2.45, 2.75) is 26.2 Å². The van der Waals surface area contributed by atoms with Gasteiger partial charge in [-0.05, 0) is 49.2 Å². The van der Waals surface area contributed by atoms with Crippen LogP contribution in [0.25, 0.3) is 10.2 Å². The van der Waals surface area contributed by atoms with Crippen LogP contribution in [0.15, 0.2) is 36.4 Å². The molecule has 2 aromatic heterocycles. The number of fused-ring (bicyclic) bond motifs is 1. The number of thiophene rings is 1. The molecule has 2 heterocycles. The van der Waals surface area contributed by atoms with E-state index in [9.17, 15) is 4.79 Å². The van der Waals surface area contributed by atoms with Gasteiger partial charge in [0, 0.05) is 16.8 Å². The zero-order valence-corrected chi connectivity index (χ0v) is 14.7. The molecule has 0 aliphatic carbocycles. The summed E-state index contributed by atoms with van der Waals surface area (Å²) in [7, 11) is 0. The summed E-state index contributed by atoms with van der Waals surface area (Å²) in [6.07, 6.45) is 3.13. The van der Waals surface area contributed by atoms with E-state index in [1.165, 1.54) is 11.3 Å². The van der Waals surface area contributed by atoms with Gasteiger partial charge in [0.2, 0.25) is 0 Å². The Morgan fingerprint density at radius 3 is 2.72 bits per heavy atom. The van der Waals surface area contributed by atoms with Gasteiger partial charge in [0.05, 0.1) is 17.3 Å². The van der Waals surface area contributed by atoms with Crippen molar-refractivity contribution in [3.63, 3.8) is 0 Å². The summed E-state index contributed by atoms with van der Waals surface area (Å²) in [6, 6.07) is 12.7. The molecule has 3 rings (SSSR count). The van der Waals surface area contributed by atoms with E-state index in [1.807, 2.05) is 18.2 Å². The second kappa shape index (κ2) is 7.32. The first-order valence-corrected chi connectivity index (χ1v) is 8.93. The number of nitrogens with zero attached hydrogens (tertiary/aromatic N) is 2. The number of hydrogen-bond donors (Lipinski definition) is 2. The number of amides is 1. The maximum atomic E-state index is 12.5. The summed E-state index contributed by atoms with van der Waals surface area (Å²) in [5.74, 6) is -0.264. The van der Waals surface area contributed by atoms with Gasteiger partial charge in [0.1, 0.15) is 9.71 Å². The van der Waals surface area contributed by atoms with E-state index in [-0.39, 0.29) is 5.91 Å². The highest BCUT2D eigenvalue weighted by atomic mass is 32.1. The van der Waals surface area contributed by atoms with Gasteiger partial charge in [-0.2, -0.15) is 5.26 Å². The molecule has 0 aliphatic heterocycles. The molecule has 0 spiro atoms. The van der Waals surface area contributed by atoms with E-state index in [0.29, 0.717) is 21.8 Å². The number of carbonyl (C=O) groups is 1. The second-order valence-electron chi connectivity index (χ2n) is 5.75. The third-order valence-electron chi connectivity index (χ3n) is 3.92. The van der Waals surface area contributed by atoms with Crippen molar-refractivity contribution < 1.29 is 4.79 Å². The van der Waals surface area contributed by atoms with Crippen LogP contribution >= 0.6 is 11.3 Å². The highest BCUT2D eigenvalue weighted by Crippen LogP contribution is 2.33. The highest BCUT2D eigenvalue weighted by molar-refractivity contribution is 7.21. The molecule has 1 amide bonds. The SMILES string of the molecule is CCCCc1ccc2c(N)c(C(=O)Nc3ccc(C#N)cc3)sc2n1. The van der Waals surface area contributed by atoms with Gasteiger partial charge in [-0.25, -0.2) is 4.98 Å². The minimum absolute atomic E-state index is 0.264. The summed E-state index contributed by atoms with van der Waals surface area (Å²) in [4.78, 5) is 18.4. The van der Waals surface area contributed by atoms with Gasteiger partial charge >= 0.3 is 0 Å². The monoisotopic (exact) mass is 350 g/mol. The number of pyridine rings is 1. The molecule has 6 heteroatoms. The summed E-state index contributed by atoms with van der Waals surface area (Å²) in [5.41, 5.74) is 8.80. The standard InChI is InChI=1S/C19H18N4OS/c1-2-3-4-13-9-10-15-16(21)17(25-19(15)23-13)18(24)22-14-7-5-12(11-20)6-8-14/h5-10H,2-4,21H2,1H3,(H,22,24). The Morgan fingerprint density at radius 1 is 1.28 bits per heavy atom. The predicted octanol–water partition coefficient (Wildman–Crippen LogP) is 4.35. The van der Waals surface area contributed by atoms with Crippen molar-refractivity contribution in [2.75, 3.05) is 11.1 Å². The fourth-order valence-electron chi connectivity index (χ4n) is 2.52. The second-order valence-corrected chi connectivity index (χ2v) is 6.75. The van der Waals surface area contributed by atoms with Gasteiger partial charge in [-0.1, -0.05) is 13.3 Å². The van der Waals surface area contributed by atoms with Gasteiger partial charge in [0.25, 0.3) is 5.91 Å². The maximum Gasteiger partial charge on any atom is 0.267 e. The smallest absolute Gasteiger partial charge is 0.267 e. The number of benzene rings is 1. The van der Waals surface area contributed by atoms with Crippen LogP contribution in [0, 0.1) is 11.3 Å². The van der Waals surface area contributed by atoms with E-state index < -0.39 is 0 Å². The number of unbranched alkanes of at least 4 members (excludes halogenated alkanes) is 1. The van der Waals surface area contributed by atoms with Crippen molar-refractivity contribution >= 4 is 38.8 Å². The molecule has 0 atom stereocenters. The molecule has 0 radical (unpaired) electrons. The van der Waals surface area contributed by atoms with E-state index in [0.717, 1.165) is 35.2 Å². The Labute approximate surface area is 150 Å². The maximum absolute atomic E-state index is 12.5. The van der Waals surface area contributed by atoms with E-state index in [2.05, 4.69) is 17.2 Å². The molecule has 0 bridgehead atoms. The molecule has 0 saturated heterocycles. The van der Waals surface area contributed by atoms with Crippen LogP contribution in [-0.2, 0) is 6.42 Å². The van der Waals surface area contributed by atoms with Gasteiger partial charge in [-0.15, -0.1) is 11.3 Å². The lowest BCUT2D eigenvalue weighted by Gasteiger charge is -2.04. The minimum Gasteiger partial charge on any atom is -0.397 e. The minimum atomic E-state index is -0.264. The molecular weight excluding hydrogens is 332 g/mol. The first-order valence-electron chi connectivity index (χ1n) is 8.11. The lowest BCUT2D eigenvalue weighted by molar-refractivity contribution is 0.103. The number of nitrogen functional groups attached to an aromatic ring is 1. The van der Waals surface area contributed by atoms with Crippen LogP contribution in [0.5, 0.6) is 0 Å². The largest absolute Gasteiger partial charge is 0.397 e. The number of nitrogens with one attached hydrogen (secondary N) is 1. The third-order valence-corrected chi connectivity index (χ3v) is 5.03.